The van der Waals surface area contributed by atoms with E-state index < -0.39 is 0 Å². The maximum Gasteiger partial charge on any atom is 0.310 e. The van der Waals surface area contributed by atoms with E-state index in [0.717, 1.165) is 16.3 Å². The van der Waals surface area contributed by atoms with Gasteiger partial charge in [-0.1, -0.05) is 12.1 Å². The standard InChI is InChI=1S/C15H13N3O3/c1-20-14(19)5-12-11-3-2-9(13-7-17-8-21-13)4-10(11)6-18-15(12)16/h2-4,6-8H,5H2,1H3,(H2,16,18). The van der Waals surface area contributed by atoms with Crippen LogP contribution in [-0.4, -0.2) is 23.0 Å². The van der Waals surface area contributed by atoms with E-state index in [2.05, 4.69) is 9.97 Å². The van der Waals surface area contributed by atoms with E-state index >= 15 is 0 Å². The van der Waals surface area contributed by atoms with Crippen LogP contribution < -0.4 is 5.73 Å². The number of rotatable bonds is 3. The number of aromatic nitrogens is 2. The number of methoxy groups -OCH3 is 1. The zero-order valence-corrected chi connectivity index (χ0v) is 11.4. The van der Waals surface area contributed by atoms with E-state index in [-0.39, 0.29) is 12.4 Å². The third kappa shape index (κ3) is 2.43. The number of esters is 1. The van der Waals surface area contributed by atoms with Crippen molar-refractivity contribution < 1.29 is 13.9 Å². The van der Waals surface area contributed by atoms with Gasteiger partial charge in [0.1, 0.15) is 5.82 Å². The Kier molecular flexibility index (Phi) is 3.27. The van der Waals surface area contributed by atoms with Crippen LogP contribution in [-0.2, 0) is 16.0 Å². The van der Waals surface area contributed by atoms with Crippen LogP contribution in [0.5, 0.6) is 0 Å². The van der Waals surface area contributed by atoms with Gasteiger partial charge in [0.05, 0.1) is 19.7 Å². The molecule has 0 saturated carbocycles. The number of anilines is 1. The summed E-state index contributed by atoms with van der Waals surface area (Å²) in [6, 6.07) is 5.70. The predicted molar refractivity (Wildman–Crippen MR) is 77.4 cm³/mol. The van der Waals surface area contributed by atoms with Crippen molar-refractivity contribution in [2.24, 2.45) is 0 Å². The minimum atomic E-state index is -0.352. The molecule has 0 aliphatic rings. The second-order valence-electron chi connectivity index (χ2n) is 4.54. The highest BCUT2D eigenvalue weighted by atomic mass is 16.5. The zero-order valence-electron chi connectivity index (χ0n) is 11.4. The normalized spacial score (nSPS) is 10.7. The lowest BCUT2D eigenvalue weighted by Gasteiger charge is -2.09. The number of benzene rings is 1. The van der Waals surface area contributed by atoms with Crippen LogP contribution in [0.15, 0.2) is 41.4 Å². The van der Waals surface area contributed by atoms with Gasteiger partial charge in [-0.25, -0.2) is 9.97 Å². The number of ether oxygens (including phenoxy) is 1. The highest BCUT2D eigenvalue weighted by molar-refractivity contribution is 5.93. The first kappa shape index (κ1) is 13.1. The van der Waals surface area contributed by atoms with Crippen molar-refractivity contribution in [3.8, 4) is 11.3 Å². The molecule has 0 radical (unpaired) electrons. The molecule has 21 heavy (non-hydrogen) atoms. The Labute approximate surface area is 120 Å². The molecule has 3 aromatic rings. The lowest BCUT2D eigenvalue weighted by atomic mass is 10.0. The van der Waals surface area contributed by atoms with Crippen molar-refractivity contribution in [3.05, 3.63) is 42.5 Å². The molecule has 0 aliphatic carbocycles. The summed E-state index contributed by atoms with van der Waals surface area (Å²) in [6.07, 6.45) is 4.78. The molecule has 0 amide bonds. The van der Waals surface area contributed by atoms with Crippen LogP contribution in [0.2, 0.25) is 0 Å². The van der Waals surface area contributed by atoms with Crippen LogP contribution in [0.4, 0.5) is 5.82 Å². The molecule has 2 heterocycles. The number of nitrogen functional groups attached to an aromatic ring is 1. The molecule has 0 saturated heterocycles. The fourth-order valence-electron chi connectivity index (χ4n) is 2.21. The molecule has 1 aromatic carbocycles. The Hall–Kier alpha value is -2.89. The summed E-state index contributed by atoms with van der Waals surface area (Å²) >= 11 is 0. The highest BCUT2D eigenvalue weighted by Crippen LogP contribution is 2.28. The number of fused-ring (bicyclic) bond motifs is 1. The third-order valence-corrected chi connectivity index (χ3v) is 3.29. The molecule has 2 aromatic heterocycles. The Morgan fingerprint density at radius 2 is 2.24 bits per heavy atom. The van der Waals surface area contributed by atoms with Crippen molar-refractivity contribution in [3.63, 3.8) is 0 Å². The SMILES string of the molecule is COC(=O)Cc1c(N)ncc2cc(-c3cnco3)ccc12. The van der Waals surface area contributed by atoms with Crippen LogP contribution in [0.1, 0.15) is 5.56 Å². The molecular weight excluding hydrogens is 270 g/mol. The fourth-order valence-corrected chi connectivity index (χ4v) is 2.21. The van der Waals surface area contributed by atoms with Crippen molar-refractivity contribution >= 4 is 22.6 Å². The zero-order chi connectivity index (χ0) is 14.8. The number of carbonyl (C=O) groups is 1. The van der Waals surface area contributed by atoms with Crippen LogP contribution >= 0.6 is 0 Å². The van der Waals surface area contributed by atoms with Gasteiger partial charge in [-0.2, -0.15) is 0 Å². The van der Waals surface area contributed by atoms with Gasteiger partial charge in [-0.15, -0.1) is 0 Å². The number of nitrogens with two attached hydrogens (primary N) is 1. The smallest absolute Gasteiger partial charge is 0.310 e. The van der Waals surface area contributed by atoms with E-state index in [1.807, 2.05) is 18.2 Å². The van der Waals surface area contributed by atoms with Gasteiger partial charge in [0, 0.05) is 22.7 Å². The molecule has 0 bridgehead atoms. The molecule has 6 heteroatoms. The van der Waals surface area contributed by atoms with Crippen molar-refractivity contribution in [2.75, 3.05) is 12.8 Å². The van der Waals surface area contributed by atoms with E-state index in [0.29, 0.717) is 17.1 Å². The number of pyridine rings is 1. The van der Waals surface area contributed by atoms with E-state index in [1.165, 1.54) is 13.5 Å². The first-order chi connectivity index (χ1) is 10.2. The number of carbonyl (C=O) groups excluding carboxylic acids is 1. The first-order valence-electron chi connectivity index (χ1n) is 6.32. The van der Waals surface area contributed by atoms with Crippen molar-refractivity contribution in [1.82, 2.24) is 9.97 Å². The topological polar surface area (TPSA) is 91.2 Å². The van der Waals surface area contributed by atoms with Gasteiger partial charge in [-0.3, -0.25) is 4.79 Å². The molecule has 0 atom stereocenters. The summed E-state index contributed by atoms with van der Waals surface area (Å²) in [5.74, 6) is 0.652. The van der Waals surface area contributed by atoms with Gasteiger partial charge in [0.2, 0.25) is 0 Å². The number of hydrogen-bond donors (Lipinski definition) is 1. The lowest BCUT2D eigenvalue weighted by Crippen LogP contribution is -2.08. The van der Waals surface area contributed by atoms with Gasteiger partial charge >= 0.3 is 5.97 Å². The van der Waals surface area contributed by atoms with Crippen LogP contribution in [0, 0.1) is 0 Å². The summed E-state index contributed by atoms with van der Waals surface area (Å²) in [7, 11) is 1.35. The van der Waals surface area contributed by atoms with E-state index in [9.17, 15) is 4.79 Å². The van der Waals surface area contributed by atoms with Crippen molar-refractivity contribution in [1.29, 1.82) is 0 Å². The lowest BCUT2D eigenvalue weighted by molar-refractivity contribution is -0.139. The minimum absolute atomic E-state index is 0.0916. The third-order valence-electron chi connectivity index (χ3n) is 3.29. The molecule has 106 valence electrons. The van der Waals surface area contributed by atoms with Gasteiger partial charge < -0.3 is 14.9 Å². The summed E-state index contributed by atoms with van der Waals surface area (Å²) in [4.78, 5) is 19.5. The maximum absolute atomic E-state index is 11.5. The van der Waals surface area contributed by atoms with Gasteiger partial charge in [0.15, 0.2) is 12.2 Å². The van der Waals surface area contributed by atoms with Gasteiger partial charge in [0.25, 0.3) is 0 Å². The van der Waals surface area contributed by atoms with Gasteiger partial charge in [-0.05, 0) is 11.5 Å². The molecule has 0 fully saturated rings. The second-order valence-corrected chi connectivity index (χ2v) is 4.54. The largest absolute Gasteiger partial charge is 0.469 e. The average molecular weight is 283 g/mol. The second kappa shape index (κ2) is 5.24. The molecule has 0 unspecified atom stereocenters. The quantitative estimate of drug-likeness (QED) is 0.741. The molecule has 2 N–H and O–H groups in total. The number of oxazole rings is 1. The summed E-state index contributed by atoms with van der Waals surface area (Å²) in [6.45, 7) is 0. The Balaban J connectivity index is 2.12. The molecular formula is C15H13N3O3. The first-order valence-corrected chi connectivity index (χ1v) is 6.32. The molecule has 0 aliphatic heterocycles. The summed E-state index contributed by atoms with van der Waals surface area (Å²) < 4.78 is 9.97. The number of nitrogens with zero attached hydrogens (tertiary/aromatic N) is 2. The van der Waals surface area contributed by atoms with Crippen LogP contribution in [0.3, 0.4) is 0 Å². The Bertz CT molecular complexity index is 797. The Morgan fingerprint density at radius 3 is 2.95 bits per heavy atom. The average Bonchev–Trinajstić information content (AvgIpc) is 3.03. The predicted octanol–water partition coefficient (Wildman–Crippen LogP) is 2.19. The molecule has 6 nitrogen and oxygen atoms in total. The monoisotopic (exact) mass is 283 g/mol. The Morgan fingerprint density at radius 1 is 1.38 bits per heavy atom. The summed E-state index contributed by atoms with van der Waals surface area (Å²) in [5, 5.41) is 1.74. The summed E-state index contributed by atoms with van der Waals surface area (Å²) in [5.41, 5.74) is 7.43. The highest BCUT2D eigenvalue weighted by Gasteiger charge is 2.13. The molecule has 0 spiro atoms. The van der Waals surface area contributed by atoms with E-state index in [1.54, 1.807) is 12.4 Å². The van der Waals surface area contributed by atoms with E-state index in [4.69, 9.17) is 14.9 Å². The minimum Gasteiger partial charge on any atom is -0.469 e. The molecule has 3 rings (SSSR count). The maximum atomic E-state index is 11.5. The fraction of sp³-hybridized carbons (Fsp3) is 0.133. The van der Waals surface area contributed by atoms with Crippen molar-refractivity contribution in [2.45, 2.75) is 6.42 Å². The number of hydrogen-bond acceptors (Lipinski definition) is 6. The van der Waals surface area contributed by atoms with Crippen LogP contribution in [0.25, 0.3) is 22.1 Å².